The fourth-order valence-electron chi connectivity index (χ4n) is 0.815. The van der Waals surface area contributed by atoms with Crippen molar-refractivity contribution in [3.63, 3.8) is 0 Å². The van der Waals surface area contributed by atoms with Gasteiger partial charge in [0.2, 0.25) is 0 Å². The van der Waals surface area contributed by atoms with Gasteiger partial charge in [0.05, 0.1) is 0 Å². The van der Waals surface area contributed by atoms with E-state index in [0.29, 0.717) is 13.0 Å². The van der Waals surface area contributed by atoms with E-state index < -0.39 is 12.0 Å². The van der Waals surface area contributed by atoms with Crippen molar-refractivity contribution in [2.75, 3.05) is 66.5 Å². The summed E-state index contributed by atoms with van der Waals surface area (Å²) >= 11 is 0. The van der Waals surface area contributed by atoms with Crippen LogP contribution >= 0.6 is 23.8 Å². The molecule has 0 spiro atoms. The van der Waals surface area contributed by atoms with Crippen LogP contribution in [0.25, 0.3) is 5.32 Å². The van der Waals surface area contributed by atoms with Crippen molar-refractivity contribution >= 4 is 29.7 Å². The number of hydrogen-bond acceptors (Lipinski definition) is 2. The summed E-state index contributed by atoms with van der Waals surface area (Å²) in [6, 6.07) is -0.505. The molecule has 0 aromatic carbocycles. The number of rotatable bonds is 1. The van der Waals surface area contributed by atoms with Gasteiger partial charge in [-0.2, -0.15) is 0 Å². The molecule has 1 atom stereocenters. The molecule has 0 aromatic heterocycles. The molecule has 138 valence electrons. The number of carboxylic acid groups (broad SMARTS) is 1. The molecule has 0 amide bonds. The van der Waals surface area contributed by atoms with Gasteiger partial charge in [0, 0.05) is 66.0 Å². The predicted octanol–water partition coefficient (Wildman–Crippen LogP) is -0.456. The Morgan fingerprint density at radius 3 is 1.27 bits per heavy atom. The van der Waals surface area contributed by atoms with Crippen LogP contribution in [0.3, 0.4) is 0 Å². The molecule has 1 unspecified atom stereocenters. The SMILES string of the molecule is C[PH+](C)C.C[PH+](C)C.C[PH+](C)C.O=C([O-])C1CCC[N-]1.[Cl-].[Ir+3]. The Kier molecular flexibility index (Phi) is 39.5. The van der Waals surface area contributed by atoms with E-state index >= 15 is 0 Å². The molecule has 3 nitrogen and oxygen atoms in total. The fourth-order valence-corrected chi connectivity index (χ4v) is 0.815. The zero-order valence-electron chi connectivity index (χ0n) is 15.7. The molecule has 0 N–H and O–H groups in total. The van der Waals surface area contributed by atoms with Crippen molar-refractivity contribution < 1.29 is 42.4 Å². The van der Waals surface area contributed by atoms with Crippen LogP contribution in [0.4, 0.5) is 0 Å². The molecule has 1 aliphatic heterocycles. The quantitative estimate of drug-likeness (QED) is 0.400. The van der Waals surface area contributed by atoms with Crippen molar-refractivity contribution in [3.05, 3.63) is 5.32 Å². The van der Waals surface area contributed by atoms with Crippen molar-refractivity contribution in [3.8, 4) is 0 Å². The van der Waals surface area contributed by atoms with Crippen LogP contribution in [0.15, 0.2) is 0 Å². The Morgan fingerprint density at radius 2 is 1.18 bits per heavy atom. The summed E-state index contributed by atoms with van der Waals surface area (Å²) in [6.45, 7) is 21.1. The second-order valence-corrected chi connectivity index (χ2v) is 15.4. The van der Waals surface area contributed by atoms with Crippen LogP contribution < -0.4 is 17.5 Å². The molecule has 22 heavy (non-hydrogen) atoms. The van der Waals surface area contributed by atoms with E-state index in [2.05, 4.69) is 65.3 Å². The largest absolute Gasteiger partial charge is 3.00 e. The average molecular weight is 572 g/mol. The van der Waals surface area contributed by atoms with Crippen LogP contribution in [0, 0.1) is 0 Å². The van der Waals surface area contributed by atoms with Gasteiger partial charge in [-0.05, 0) is 23.8 Å². The Morgan fingerprint density at radius 1 is 0.909 bits per heavy atom. The Bertz CT molecular complexity index is 196. The van der Waals surface area contributed by atoms with E-state index in [0.717, 1.165) is 6.42 Å². The number of halogens is 1. The molecular weight excluding hydrogens is 535 g/mol. The topological polar surface area (TPSA) is 54.2 Å². The second kappa shape index (κ2) is 24.9. The summed E-state index contributed by atoms with van der Waals surface area (Å²) in [6.07, 6.45) is 1.57. The Labute approximate surface area is 162 Å². The molecule has 8 heteroatoms. The van der Waals surface area contributed by atoms with Gasteiger partial charge < -0.3 is 27.6 Å². The van der Waals surface area contributed by atoms with Crippen LogP contribution in [0.1, 0.15) is 12.8 Å². The van der Waals surface area contributed by atoms with E-state index in [4.69, 9.17) is 0 Å². The summed E-state index contributed by atoms with van der Waals surface area (Å²) in [5.74, 6) is -1.03. The van der Waals surface area contributed by atoms with E-state index in [1.807, 2.05) is 0 Å². The standard InChI is InChI=1S/C5H8NO2.3C3H9P.ClH.Ir/c7-5(8)4-2-1-3-6-4;3*1-4(2)3;;/h4H,1-3H2,(H,7,8);3*1-3H3;1H;/q-1;;;;;+3/p+1. The van der Waals surface area contributed by atoms with E-state index in [1.165, 1.54) is 0 Å². The number of aliphatic carboxylic acids is 1. The fraction of sp³-hybridized carbons (Fsp3) is 0.929. The average Bonchev–Trinajstić information content (AvgIpc) is 2.66. The first-order valence-corrected chi connectivity index (χ1v) is 16.2. The van der Waals surface area contributed by atoms with Crippen LogP contribution in [-0.2, 0) is 24.9 Å². The first-order valence-electron chi connectivity index (χ1n) is 7.18. The van der Waals surface area contributed by atoms with Gasteiger partial charge in [-0.3, -0.25) is 0 Å². The maximum atomic E-state index is 10.00. The summed E-state index contributed by atoms with van der Waals surface area (Å²) in [4.78, 5) is 10.00. The van der Waals surface area contributed by atoms with Crippen LogP contribution in [0.5, 0.6) is 0 Å². The molecule has 0 radical (unpaired) electrons. The molecule has 0 aromatic rings. The summed E-state index contributed by atoms with van der Waals surface area (Å²) in [5, 5.41) is 13.8. The minimum absolute atomic E-state index is 0. The second-order valence-electron chi connectivity index (χ2n) is 6.38. The molecule has 1 aliphatic rings. The smallest absolute Gasteiger partial charge is 1.00 e. The van der Waals surface area contributed by atoms with Gasteiger partial charge in [0.25, 0.3) is 0 Å². The van der Waals surface area contributed by atoms with Crippen molar-refractivity contribution in [1.82, 2.24) is 0 Å². The molecular formula is C14H37ClIrNO2P3+3. The van der Waals surface area contributed by atoms with E-state index in [-0.39, 0.29) is 56.3 Å². The maximum absolute atomic E-state index is 10.00. The van der Waals surface area contributed by atoms with Crippen molar-refractivity contribution in [2.45, 2.75) is 18.9 Å². The number of carbonyl (C=O) groups excluding carboxylic acids is 1. The normalized spacial score (nSPS) is 15.2. The zero-order valence-corrected chi connectivity index (χ0v) is 21.8. The van der Waals surface area contributed by atoms with Crippen molar-refractivity contribution in [2.24, 2.45) is 0 Å². The molecule has 1 heterocycles. The van der Waals surface area contributed by atoms with Gasteiger partial charge in [-0.1, -0.05) is 18.9 Å². The number of nitrogens with zero attached hydrogens (tertiary/aromatic N) is 1. The van der Waals surface area contributed by atoms with Crippen LogP contribution in [-0.4, -0.2) is 78.5 Å². The summed E-state index contributed by atoms with van der Waals surface area (Å²) < 4.78 is 0. The van der Waals surface area contributed by atoms with Crippen molar-refractivity contribution in [1.29, 1.82) is 0 Å². The number of carboxylic acids is 1. The molecule has 1 fully saturated rings. The zero-order chi connectivity index (χ0) is 16.7. The van der Waals surface area contributed by atoms with Gasteiger partial charge in [0.15, 0.2) is 0 Å². The molecule has 0 aliphatic carbocycles. The Hall–Kier alpha value is 1.66. The number of hydrogen-bond donors (Lipinski definition) is 0. The van der Waals surface area contributed by atoms with Gasteiger partial charge >= 0.3 is 20.1 Å². The summed E-state index contributed by atoms with van der Waals surface area (Å²) in [5.41, 5.74) is 0. The van der Waals surface area contributed by atoms with E-state index in [9.17, 15) is 9.90 Å². The minimum atomic E-state index is -1.03. The molecule has 0 bridgehead atoms. The van der Waals surface area contributed by atoms with Crippen LogP contribution in [0.2, 0.25) is 0 Å². The molecule has 1 saturated heterocycles. The predicted molar refractivity (Wildman–Crippen MR) is 105 cm³/mol. The van der Waals surface area contributed by atoms with Gasteiger partial charge in [-0.15, -0.1) is 6.54 Å². The van der Waals surface area contributed by atoms with Gasteiger partial charge in [0.1, 0.15) is 0 Å². The van der Waals surface area contributed by atoms with E-state index in [1.54, 1.807) is 0 Å². The third kappa shape index (κ3) is 57.7. The first kappa shape index (κ1) is 34.9. The Balaban J connectivity index is -0.0000000607. The summed E-state index contributed by atoms with van der Waals surface area (Å²) in [7, 11) is 0.361. The monoisotopic (exact) mass is 572 g/mol. The molecule has 0 saturated carbocycles. The first-order chi connectivity index (χ1) is 9.00. The number of carbonyl (C=O) groups is 1. The third-order valence-corrected chi connectivity index (χ3v) is 1.26. The third-order valence-electron chi connectivity index (χ3n) is 1.26. The minimum Gasteiger partial charge on any atom is -1.00 e. The van der Waals surface area contributed by atoms with Gasteiger partial charge in [-0.25, -0.2) is 0 Å². The maximum Gasteiger partial charge on any atom is 3.00 e. The molecule has 1 rings (SSSR count).